The van der Waals surface area contributed by atoms with Crippen molar-refractivity contribution in [3.05, 3.63) is 64.4 Å². The summed E-state index contributed by atoms with van der Waals surface area (Å²) >= 11 is 7.56. The van der Waals surface area contributed by atoms with E-state index in [-0.39, 0.29) is 12.3 Å². The average Bonchev–Trinajstić information content (AvgIpc) is 3.00. The molecule has 1 N–H and O–H groups in total. The highest BCUT2D eigenvalue weighted by atomic mass is 35.5. The van der Waals surface area contributed by atoms with Crippen LogP contribution in [-0.2, 0) is 11.2 Å². The van der Waals surface area contributed by atoms with Gasteiger partial charge >= 0.3 is 0 Å². The van der Waals surface area contributed by atoms with Gasteiger partial charge in [0.25, 0.3) is 0 Å². The average molecular weight is 344 g/mol. The third kappa shape index (κ3) is 3.94. The molecule has 0 aliphatic heterocycles. The molecule has 0 aliphatic rings. The molecule has 0 radical (unpaired) electrons. The number of rotatable bonds is 4. The van der Waals surface area contributed by atoms with Gasteiger partial charge in [-0.2, -0.15) is 0 Å². The first-order valence-corrected chi connectivity index (χ1v) is 8.28. The van der Waals surface area contributed by atoms with E-state index in [1.54, 1.807) is 18.5 Å². The molecular weight excluding hydrogens is 330 g/mol. The number of nitrogens with one attached hydrogen (secondary N) is 1. The second-order valence-electron chi connectivity index (χ2n) is 5.07. The Balaban J connectivity index is 1.66. The lowest BCUT2D eigenvalue weighted by molar-refractivity contribution is -0.115. The number of carbonyl (C=O) groups is 1. The van der Waals surface area contributed by atoms with E-state index >= 15 is 0 Å². The van der Waals surface area contributed by atoms with E-state index in [2.05, 4.69) is 15.3 Å². The fourth-order valence-corrected chi connectivity index (χ4v) is 3.04. The fraction of sp³-hybridized carbons (Fsp3) is 0.118. The molecule has 0 saturated carbocycles. The summed E-state index contributed by atoms with van der Waals surface area (Å²) in [5, 5.41) is 6.22. The highest BCUT2D eigenvalue weighted by Crippen LogP contribution is 2.23. The van der Waals surface area contributed by atoms with E-state index in [1.807, 2.05) is 36.6 Å². The maximum atomic E-state index is 12.1. The molecule has 2 heterocycles. The Kier molecular flexibility index (Phi) is 4.69. The molecule has 23 heavy (non-hydrogen) atoms. The standard InChI is InChI=1S/C17H14ClN3OS/c1-11-4-5-13(7-15(11)18)20-16(22)8-14-10-23-17(21-14)12-3-2-6-19-9-12/h2-7,9-10H,8H2,1H3,(H,20,22). The molecule has 0 atom stereocenters. The van der Waals surface area contributed by atoms with Crippen molar-refractivity contribution in [2.24, 2.45) is 0 Å². The zero-order valence-electron chi connectivity index (χ0n) is 12.4. The van der Waals surface area contributed by atoms with Crippen molar-refractivity contribution in [2.75, 3.05) is 5.32 Å². The van der Waals surface area contributed by atoms with Gasteiger partial charge in [0.15, 0.2) is 0 Å². The summed E-state index contributed by atoms with van der Waals surface area (Å²) in [4.78, 5) is 20.7. The van der Waals surface area contributed by atoms with Crippen LogP contribution in [0.25, 0.3) is 10.6 Å². The molecule has 0 fully saturated rings. The fourth-order valence-electron chi connectivity index (χ4n) is 2.05. The van der Waals surface area contributed by atoms with Gasteiger partial charge in [-0.3, -0.25) is 9.78 Å². The number of nitrogens with zero attached hydrogens (tertiary/aromatic N) is 2. The summed E-state index contributed by atoms with van der Waals surface area (Å²) in [6.45, 7) is 1.92. The van der Waals surface area contributed by atoms with Crippen LogP contribution < -0.4 is 5.32 Å². The van der Waals surface area contributed by atoms with Gasteiger partial charge in [0, 0.05) is 34.0 Å². The number of aryl methyl sites for hydroxylation is 1. The highest BCUT2D eigenvalue weighted by Gasteiger charge is 2.10. The zero-order valence-corrected chi connectivity index (χ0v) is 14.0. The van der Waals surface area contributed by atoms with Crippen molar-refractivity contribution in [2.45, 2.75) is 13.3 Å². The first-order valence-electron chi connectivity index (χ1n) is 7.02. The van der Waals surface area contributed by atoms with Crippen LogP contribution >= 0.6 is 22.9 Å². The minimum atomic E-state index is -0.118. The van der Waals surface area contributed by atoms with Gasteiger partial charge in [-0.15, -0.1) is 11.3 Å². The molecule has 6 heteroatoms. The van der Waals surface area contributed by atoms with E-state index < -0.39 is 0 Å². The minimum absolute atomic E-state index is 0.118. The van der Waals surface area contributed by atoms with Crippen molar-refractivity contribution in [3.63, 3.8) is 0 Å². The summed E-state index contributed by atoms with van der Waals surface area (Å²) in [5.41, 5.74) is 3.36. The Bertz CT molecular complexity index is 833. The number of aromatic nitrogens is 2. The Morgan fingerprint density at radius 1 is 1.35 bits per heavy atom. The summed E-state index contributed by atoms with van der Waals surface area (Å²) in [7, 11) is 0. The molecule has 0 spiro atoms. The number of amides is 1. The van der Waals surface area contributed by atoms with Gasteiger partial charge in [0.05, 0.1) is 12.1 Å². The van der Waals surface area contributed by atoms with Crippen LogP contribution in [0.1, 0.15) is 11.3 Å². The van der Waals surface area contributed by atoms with Gasteiger partial charge in [-0.1, -0.05) is 17.7 Å². The third-order valence-corrected chi connectivity index (χ3v) is 4.60. The lowest BCUT2D eigenvalue weighted by Gasteiger charge is -2.06. The SMILES string of the molecule is Cc1ccc(NC(=O)Cc2csc(-c3cccnc3)n2)cc1Cl. The summed E-state index contributed by atoms with van der Waals surface area (Å²) in [5.74, 6) is -0.118. The van der Waals surface area contributed by atoms with Crippen LogP contribution in [0.5, 0.6) is 0 Å². The molecule has 3 aromatic rings. The van der Waals surface area contributed by atoms with E-state index in [0.717, 1.165) is 21.8 Å². The maximum Gasteiger partial charge on any atom is 0.230 e. The lowest BCUT2D eigenvalue weighted by Crippen LogP contribution is -2.14. The summed E-state index contributed by atoms with van der Waals surface area (Å²) < 4.78 is 0. The van der Waals surface area contributed by atoms with Gasteiger partial charge < -0.3 is 5.32 Å². The summed E-state index contributed by atoms with van der Waals surface area (Å²) in [6.07, 6.45) is 3.71. The Morgan fingerprint density at radius 2 is 2.22 bits per heavy atom. The number of hydrogen-bond acceptors (Lipinski definition) is 4. The van der Waals surface area contributed by atoms with Crippen LogP contribution in [0.15, 0.2) is 48.1 Å². The number of hydrogen-bond donors (Lipinski definition) is 1. The number of benzene rings is 1. The lowest BCUT2D eigenvalue weighted by atomic mass is 10.2. The molecule has 1 aromatic carbocycles. The van der Waals surface area contributed by atoms with Crippen LogP contribution in [0.4, 0.5) is 5.69 Å². The molecular formula is C17H14ClN3OS. The zero-order chi connectivity index (χ0) is 16.2. The van der Waals surface area contributed by atoms with E-state index in [9.17, 15) is 4.79 Å². The van der Waals surface area contributed by atoms with Gasteiger partial charge in [-0.05, 0) is 36.8 Å². The van der Waals surface area contributed by atoms with Crippen LogP contribution in [-0.4, -0.2) is 15.9 Å². The Labute approximate surface area is 143 Å². The smallest absolute Gasteiger partial charge is 0.230 e. The molecule has 4 nitrogen and oxygen atoms in total. The molecule has 2 aromatic heterocycles. The van der Waals surface area contributed by atoms with Crippen molar-refractivity contribution in [1.29, 1.82) is 0 Å². The first kappa shape index (κ1) is 15.6. The van der Waals surface area contributed by atoms with Crippen molar-refractivity contribution < 1.29 is 4.79 Å². The van der Waals surface area contributed by atoms with Crippen molar-refractivity contribution >= 4 is 34.5 Å². The molecule has 0 unspecified atom stereocenters. The number of anilines is 1. The largest absolute Gasteiger partial charge is 0.326 e. The molecule has 0 aliphatic carbocycles. The second-order valence-corrected chi connectivity index (χ2v) is 6.34. The van der Waals surface area contributed by atoms with Gasteiger partial charge in [0.1, 0.15) is 5.01 Å². The van der Waals surface area contributed by atoms with Gasteiger partial charge in [-0.25, -0.2) is 4.98 Å². The van der Waals surface area contributed by atoms with Gasteiger partial charge in [0.2, 0.25) is 5.91 Å². The normalized spacial score (nSPS) is 10.5. The number of halogens is 1. The highest BCUT2D eigenvalue weighted by molar-refractivity contribution is 7.13. The molecule has 116 valence electrons. The predicted octanol–water partition coefficient (Wildman–Crippen LogP) is 4.35. The van der Waals surface area contributed by atoms with Crippen LogP contribution in [0.3, 0.4) is 0 Å². The van der Waals surface area contributed by atoms with Crippen LogP contribution in [0, 0.1) is 6.92 Å². The van der Waals surface area contributed by atoms with E-state index in [4.69, 9.17) is 11.6 Å². The van der Waals surface area contributed by atoms with Crippen molar-refractivity contribution in [3.8, 4) is 10.6 Å². The topological polar surface area (TPSA) is 54.9 Å². The Morgan fingerprint density at radius 3 is 2.96 bits per heavy atom. The molecule has 0 bridgehead atoms. The number of thiazole rings is 1. The minimum Gasteiger partial charge on any atom is -0.326 e. The number of carbonyl (C=O) groups excluding carboxylic acids is 1. The van der Waals surface area contributed by atoms with E-state index in [0.29, 0.717) is 10.7 Å². The van der Waals surface area contributed by atoms with Crippen LogP contribution in [0.2, 0.25) is 5.02 Å². The monoisotopic (exact) mass is 343 g/mol. The third-order valence-electron chi connectivity index (χ3n) is 3.26. The molecule has 3 rings (SSSR count). The molecule has 0 saturated heterocycles. The number of pyridine rings is 1. The van der Waals surface area contributed by atoms with Crippen molar-refractivity contribution in [1.82, 2.24) is 9.97 Å². The first-order chi connectivity index (χ1) is 11.1. The Hall–Kier alpha value is -2.24. The maximum absolute atomic E-state index is 12.1. The quantitative estimate of drug-likeness (QED) is 0.766. The van der Waals surface area contributed by atoms with E-state index in [1.165, 1.54) is 11.3 Å². The summed E-state index contributed by atoms with van der Waals surface area (Å²) in [6, 6.07) is 9.27. The molecule has 1 amide bonds. The predicted molar refractivity (Wildman–Crippen MR) is 93.9 cm³/mol. The second kappa shape index (κ2) is 6.89.